The van der Waals surface area contributed by atoms with Gasteiger partial charge in [0, 0.05) is 6.04 Å². The summed E-state index contributed by atoms with van der Waals surface area (Å²) < 4.78 is 26.3. The number of rotatable bonds is 9. The molecule has 1 heterocycles. The highest BCUT2D eigenvalue weighted by molar-refractivity contribution is 7.89. The fourth-order valence-corrected chi connectivity index (χ4v) is 3.17. The minimum atomic E-state index is -3.26. The lowest BCUT2D eigenvalue weighted by molar-refractivity contribution is 0.554. The van der Waals surface area contributed by atoms with Gasteiger partial charge in [-0.3, -0.25) is 5.10 Å². The van der Waals surface area contributed by atoms with Gasteiger partial charge in [0.25, 0.3) is 0 Å². The molecule has 19 heavy (non-hydrogen) atoms. The van der Waals surface area contributed by atoms with Gasteiger partial charge in [0.2, 0.25) is 10.0 Å². The molecule has 0 amide bonds. The van der Waals surface area contributed by atoms with Crippen molar-refractivity contribution >= 4 is 10.0 Å². The van der Waals surface area contributed by atoms with Crippen LogP contribution in [-0.2, 0) is 10.0 Å². The van der Waals surface area contributed by atoms with E-state index < -0.39 is 10.0 Å². The third-order valence-corrected chi connectivity index (χ3v) is 4.59. The SMILES string of the molecule is CC(NS(=O)(=O)CCCCNC1CC1)c1ncn[nH]1. The van der Waals surface area contributed by atoms with Crippen molar-refractivity contribution in [3.63, 3.8) is 0 Å². The predicted molar refractivity (Wildman–Crippen MR) is 72.0 cm³/mol. The number of aromatic amines is 1. The van der Waals surface area contributed by atoms with Crippen molar-refractivity contribution in [1.29, 1.82) is 0 Å². The summed E-state index contributed by atoms with van der Waals surface area (Å²) in [7, 11) is -3.26. The van der Waals surface area contributed by atoms with E-state index in [0.717, 1.165) is 13.0 Å². The number of hydrogen-bond acceptors (Lipinski definition) is 5. The van der Waals surface area contributed by atoms with Gasteiger partial charge in [0.15, 0.2) is 0 Å². The summed E-state index contributed by atoms with van der Waals surface area (Å²) in [6.45, 7) is 2.64. The number of H-pyrrole nitrogens is 1. The molecule has 1 atom stereocenters. The smallest absolute Gasteiger partial charge is 0.212 e. The zero-order valence-electron chi connectivity index (χ0n) is 11.1. The Morgan fingerprint density at radius 3 is 2.89 bits per heavy atom. The minimum Gasteiger partial charge on any atom is -0.314 e. The van der Waals surface area contributed by atoms with E-state index in [1.54, 1.807) is 6.92 Å². The summed E-state index contributed by atoms with van der Waals surface area (Å²) >= 11 is 0. The van der Waals surface area contributed by atoms with Gasteiger partial charge in [-0.1, -0.05) is 0 Å². The van der Waals surface area contributed by atoms with Crippen LogP contribution in [0.4, 0.5) is 0 Å². The maximum Gasteiger partial charge on any atom is 0.212 e. The number of sulfonamides is 1. The van der Waals surface area contributed by atoms with Gasteiger partial charge >= 0.3 is 0 Å². The number of aromatic nitrogens is 3. The average Bonchev–Trinajstić information content (AvgIpc) is 3.00. The first-order valence-corrected chi connectivity index (χ1v) is 8.31. The van der Waals surface area contributed by atoms with Gasteiger partial charge in [-0.2, -0.15) is 5.10 Å². The van der Waals surface area contributed by atoms with Gasteiger partial charge in [-0.25, -0.2) is 18.1 Å². The van der Waals surface area contributed by atoms with Gasteiger partial charge in [0.05, 0.1) is 11.8 Å². The normalized spacial score (nSPS) is 17.5. The van der Waals surface area contributed by atoms with Crippen LogP contribution >= 0.6 is 0 Å². The Hall–Kier alpha value is -0.990. The van der Waals surface area contributed by atoms with Crippen LogP contribution in [0.5, 0.6) is 0 Å². The van der Waals surface area contributed by atoms with Crippen molar-refractivity contribution < 1.29 is 8.42 Å². The van der Waals surface area contributed by atoms with Crippen LogP contribution in [0.3, 0.4) is 0 Å². The topological polar surface area (TPSA) is 99.8 Å². The van der Waals surface area contributed by atoms with Crippen molar-refractivity contribution in [2.45, 2.75) is 44.7 Å². The van der Waals surface area contributed by atoms with Crippen molar-refractivity contribution in [1.82, 2.24) is 25.2 Å². The fourth-order valence-electron chi connectivity index (χ4n) is 1.82. The fraction of sp³-hybridized carbons (Fsp3) is 0.818. The van der Waals surface area contributed by atoms with E-state index in [4.69, 9.17) is 0 Å². The molecule has 1 aliphatic carbocycles. The summed E-state index contributed by atoms with van der Waals surface area (Å²) in [5.41, 5.74) is 0. The molecule has 2 rings (SSSR count). The highest BCUT2D eigenvalue weighted by atomic mass is 32.2. The second-order valence-corrected chi connectivity index (χ2v) is 6.84. The molecule has 0 spiro atoms. The highest BCUT2D eigenvalue weighted by Crippen LogP contribution is 2.18. The van der Waals surface area contributed by atoms with Crippen LogP contribution in [0, 0.1) is 0 Å². The second-order valence-electron chi connectivity index (χ2n) is 4.96. The summed E-state index contributed by atoms with van der Waals surface area (Å²) in [5.74, 6) is 0.677. The van der Waals surface area contributed by atoms with Gasteiger partial charge < -0.3 is 5.32 Å². The van der Waals surface area contributed by atoms with E-state index in [1.165, 1.54) is 19.2 Å². The summed E-state index contributed by atoms with van der Waals surface area (Å²) in [6, 6.07) is 0.304. The third kappa shape index (κ3) is 5.25. The van der Waals surface area contributed by atoms with Crippen LogP contribution in [0.1, 0.15) is 44.5 Å². The zero-order chi connectivity index (χ0) is 13.7. The van der Waals surface area contributed by atoms with Crippen molar-refractivity contribution in [3.05, 3.63) is 12.2 Å². The molecule has 1 fully saturated rings. The Balaban J connectivity index is 1.65. The molecular weight excluding hydrogens is 266 g/mol. The van der Waals surface area contributed by atoms with E-state index in [-0.39, 0.29) is 11.8 Å². The van der Waals surface area contributed by atoms with Crippen molar-refractivity contribution in [2.24, 2.45) is 0 Å². The lowest BCUT2D eigenvalue weighted by Crippen LogP contribution is -2.30. The molecule has 1 aromatic heterocycles. The predicted octanol–water partition coefficient (Wildman–Crippen LogP) is 0.317. The number of nitrogens with one attached hydrogen (secondary N) is 3. The number of hydrogen-bond donors (Lipinski definition) is 3. The van der Waals surface area contributed by atoms with E-state index in [9.17, 15) is 8.42 Å². The minimum absolute atomic E-state index is 0.151. The summed E-state index contributed by atoms with van der Waals surface area (Å²) in [6.07, 6.45) is 5.43. The van der Waals surface area contributed by atoms with Gasteiger partial charge in [-0.05, 0) is 39.2 Å². The van der Waals surface area contributed by atoms with Crippen molar-refractivity contribution in [2.75, 3.05) is 12.3 Å². The van der Waals surface area contributed by atoms with Crippen LogP contribution < -0.4 is 10.0 Å². The Morgan fingerprint density at radius 2 is 2.26 bits per heavy atom. The molecule has 1 unspecified atom stereocenters. The Labute approximate surface area is 113 Å². The molecule has 108 valence electrons. The molecule has 1 saturated carbocycles. The molecule has 7 nitrogen and oxygen atoms in total. The first kappa shape index (κ1) is 14.4. The lowest BCUT2D eigenvalue weighted by atomic mass is 10.3. The quantitative estimate of drug-likeness (QED) is 0.568. The van der Waals surface area contributed by atoms with E-state index in [2.05, 4.69) is 25.2 Å². The summed E-state index contributed by atoms with van der Waals surface area (Å²) in [4.78, 5) is 3.93. The third-order valence-electron chi connectivity index (χ3n) is 3.05. The Kier molecular flexibility index (Phi) is 4.89. The molecule has 8 heteroatoms. The molecule has 0 radical (unpaired) electrons. The highest BCUT2D eigenvalue weighted by Gasteiger charge is 2.20. The van der Waals surface area contributed by atoms with Crippen LogP contribution in [0.15, 0.2) is 6.33 Å². The maximum absolute atomic E-state index is 11.9. The zero-order valence-corrected chi connectivity index (χ0v) is 11.9. The lowest BCUT2D eigenvalue weighted by Gasteiger charge is -2.11. The van der Waals surface area contributed by atoms with E-state index in [1.807, 2.05) is 0 Å². The first-order chi connectivity index (χ1) is 9.07. The summed E-state index contributed by atoms with van der Waals surface area (Å²) in [5, 5.41) is 9.73. The molecule has 1 aromatic rings. The molecule has 0 aliphatic heterocycles. The molecule has 3 N–H and O–H groups in total. The van der Waals surface area contributed by atoms with E-state index in [0.29, 0.717) is 18.3 Å². The number of unbranched alkanes of at least 4 members (excludes halogenated alkanes) is 1. The second kappa shape index (κ2) is 6.44. The van der Waals surface area contributed by atoms with Crippen LogP contribution in [-0.4, -0.2) is 41.9 Å². The Bertz CT molecular complexity index is 469. The number of nitrogens with zero attached hydrogens (tertiary/aromatic N) is 2. The molecule has 1 aliphatic rings. The maximum atomic E-state index is 11.9. The molecule has 0 aromatic carbocycles. The monoisotopic (exact) mass is 287 g/mol. The van der Waals surface area contributed by atoms with Gasteiger partial charge in [0.1, 0.15) is 12.2 Å². The largest absolute Gasteiger partial charge is 0.314 e. The standard InChI is InChI=1S/C11H21N5O2S/c1-9(11-13-8-14-15-11)16-19(17,18)7-3-2-6-12-10-4-5-10/h8-10,12,16H,2-7H2,1H3,(H,13,14,15). The van der Waals surface area contributed by atoms with Crippen molar-refractivity contribution in [3.8, 4) is 0 Å². The Morgan fingerprint density at radius 1 is 1.47 bits per heavy atom. The molecular formula is C11H21N5O2S. The average molecular weight is 287 g/mol. The van der Waals surface area contributed by atoms with Gasteiger partial charge in [-0.15, -0.1) is 0 Å². The van der Waals surface area contributed by atoms with Crippen LogP contribution in [0.25, 0.3) is 0 Å². The molecule has 0 saturated heterocycles. The first-order valence-electron chi connectivity index (χ1n) is 6.65. The van der Waals surface area contributed by atoms with E-state index >= 15 is 0 Å². The molecule has 0 bridgehead atoms. The van der Waals surface area contributed by atoms with Crippen LogP contribution in [0.2, 0.25) is 0 Å².